The molecule has 0 amide bonds. The summed E-state index contributed by atoms with van der Waals surface area (Å²) in [5.74, 6) is 6.20. The molecule has 0 bridgehead atoms. The largest absolute Gasteiger partial charge is 0.373 e. The van der Waals surface area contributed by atoms with E-state index in [1.54, 1.807) is 24.3 Å². The van der Waals surface area contributed by atoms with Gasteiger partial charge in [0, 0.05) is 0 Å². The summed E-state index contributed by atoms with van der Waals surface area (Å²) in [6.07, 6.45) is 37.5. The predicted molar refractivity (Wildman–Crippen MR) is 230 cm³/mol. The van der Waals surface area contributed by atoms with Gasteiger partial charge < -0.3 is 4.74 Å². The van der Waals surface area contributed by atoms with Crippen LogP contribution in [0.25, 0.3) is 11.1 Å². The molecule has 2 aromatic rings. The van der Waals surface area contributed by atoms with Gasteiger partial charge in [0.05, 0.1) is 13.2 Å². The minimum Gasteiger partial charge on any atom is -0.373 e. The average molecular weight is 755 g/mol. The molecule has 0 aromatic heterocycles. The Morgan fingerprint density at radius 1 is 0.473 bits per heavy atom. The molecule has 0 radical (unpaired) electrons. The molecule has 4 fully saturated rings. The molecular weight excluding hydrogens is 679 g/mol. The second kappa shape index (κ2) is 22.6. The molecule has 6 rings (SSSR count). The first kappa shape index (κ1) is 42.3. The van der Waals surface area contributed by atoms with Crippen LogP contribution >= 0.6 is 0 Å². The molecule has 1 nitrogen and oxygen atoms in total. The Labute approximate surface area is 335 Å². The van der Waals surface area contributed by atoms with Crippen molar-refractivity contribution in [2.24, 2.45) is 47.3 Å². The van der Waals surface area contributed by atoms with Gasteiger partial charge >= 0.3 is 0 Å². The molecule has 304 valence electrons. The fourth-order valence-electron chi connectivity index (χ4n) is 11.8. The summed E-state index contributed by atoms with van der Waals surface area (Å²) in [6, 6.07) is 14.3. The van der Waals surface area contributed by atoms with Crippen LogP contribution in [-0.2, 0) is 4.74 Å². The van der Waals surface area contributed by atoms with Crippen LogP contribution in [0.15, 0.2) is 60.7 Å². The SMILES string of the molecule is CCCCCC1CCC(C2CCC(C(=CCOCC=C(c3ccc(F)cc3)C3CCC(C4CCC(CCCCC)CC4)CC3)c3ccc(F)cc3)CC2)CC1. The first-order valence-electron chi connectivity index (χ1n) is 23.5. The van der Waals surface area contributed by atoms with Crippen molar-refractivity contribution in [3.05, 3.63) is 83.4 Å². The fourth-order valence-corrected chi connectivity index (χ4v) is 11.8. The lowest BCUT2D eigenvalue weighted by atomic mass is 9.67. The van der Waals surface area contributed by atoms with E-state index in [1.807, 2.05) is 24.3 Å². The van der Waals surface area contributed by atoms with E-state index >= 15 is 0 Å². The standard InChI is InChI=1S/C52H76F2O/c1-3-5-7-9-39-11-15-41(16-12-39)43-19-23-45(24-20-43)51(47-27-31-49(53)32-28-47)35-37-55-38-36-52(48-29-33-50(54)34-30-48)46-25-21-44(22-26-46)42-17-13-40(14-18-42)10-8-6-4-2/h27-36,39-46H,3-26,37-38H2,1-2H3. The number of hydrogen-bond donors (Lipinski definition) is 0. The van der Waals surface area contributed by atoms with Gasteiger partial charge in [0.15, 0.2) is 0 Å². The van der Waals surface area contributed by atoms with Gasteiger partial charge in [-0.3, -0.25) is 0 Å². The highest BCUT2D eigenvalue weighted by Crippen LogP contribution is 2.47. The van der Waals surface area contributed by atoms with Crippen LogP contribution in [0, 0.1) is 59.0 Å². The molecule has 0 N–H and O–H groups in total. The topological polar surface area (TPSA) is 9.23 Å². The van der Waals surface area contributed by atoms with Crippen molar-refractivity contribution in [1.82, 2.24) is 0 Å². The van der Waals surface area contributed by atoms with Crippen molar-refractivity contribution >= 4 is 11.1 Å². The highest BCUT2D eigenvalue weighted by molar-refractivity contribution is 5.68. The molecule has 3 heteroatoms. The van der Waals surface area contributed by atoms with E-state index < -0.39 is 0 Å². The number of hydrogen-bond acceptors (Lipinski definition) is 1. The Kier molecular flexibility index (Phi) is 17.4. The van der Waals surface area contributed by atoms with Crippen molar-refractivity contribution in [3.8, 4) is 0 Å². The Bertz CT molecular complexity index is 1300. The molecule has 4 aliphatic rings. The van der Waals surface area contributed by atoms with Gasteiger partial charge in [0.1, 0.15) is 11.6 Å². The van der Waals surface area contributed by atoms with E-state index in [0.29, 0.717) is 25.0 Å². The molecule has 4 saturated carbocycles. The molecular formula is C52H76F2O. The van der Waals surface area contributed by atoms with Crippen LogP contribution in [0.1, 0.15) is 179 Å². The third-order valence-electron chi connectivity index (χ3n) is 15.2. The fraction of sp³-hybridized carbons (Fsp3) is 0.692. The van der Waals surface area contributed by atoms with Crippen LogP contribution in [0.5, 0.6) is 0 Å². The van der Waals surface area contributed by atoms with Gasteiger partial charge in [0.25, 0.3) is 0 Å². The second-order valence-corrected chi connectivity index (χ2v) is 18.6. The Morgan fingerprint density at radius 2 is 0.800 bits per heavy atom. The number of ether oxygens (including phenoxy) is 1. The van der Waals surface area contributed by atoms with Crippen LogP contribution in [-0.4, -0.2) is 13.2 Å². The van der Waals surface area contributed by atoms with Crippen molar-refractivity contribution < 1.29 is 13.5 Å². The third-order valence-corrected chi connectivity index (χ3v) is 15.2. The lowest BCUT2D eigenvalue weighted by Crippen LogP contribution is -2.26. The van der Waals surface area contributed by atoms with E-state index in [4.69, 9.17) is 4.74 Å². The van der Waals surface area contributed by atoms with Crippen LogP contribution in [0.3, 0.4) is 0 Å². The maximum atomic E-state index is 14.0. The maximum Gasteiger partial charge on any atom is 0.123 e. The number of unbranched alkanes of at least 4 members (excludes halogenated alkanes) is 4. The van der Waals surface area contributed by atoms with Gasteiger partial charge in [-0.15, -0.1) is 0 Å². The zero-order chi connectivity index (χ0) is 38.2. The van der Waals surface area contributed by atoms with Gasteiger partial charge in [-0.1, -0.05) is 127 Å². The Balaban J connectivity index is 1.02. The zero-order valence-corrected chi connectivity index (χ0v) is 34.9. The first-order valence-corrected chi connectivity index (χ1v) is 23.5. The van der Waals surface area contributed by atoms with Crippen molar-refractivity contribution in [2.75, 3.05) is 13.2 Å². The van der Waals surface area contributed by atoms with E-state index in [-0.39, 0.29) is 11.6 Å². The molecule has 55 heavy (non-hydrogen) atoms. The number of halogens is 2. The quantitative estimate of drug-likeness (QED) is 0.138. The monoisotopic (exact) mass is 755 g/mol. The summed E-state index contributed by atoms with van der Waals surface area (Å²) in [5, 5.41) is 0. The minimum absolute atomic E-state index is 0.175. The third kappa shape index (κ3) is 12.9. The Hall–Kier alpha value is -2.26. The molecule has 0 spiro atoms. The summed E-state index contributed by atoms with van der Waals surface area (Å²) in [7, 11) is 0. The van der Waals surface area contributed by atoms with Crippen LogP contribution in [0.2, 0.25) is 0 Å². The predicted octanol–water partition coefficient (Wildman–Crippen LogP) is 15.8. The highest BCUT2D eigenvalue weighted by atomic mass is 19.1. The summed E-state index contributed by atoms with van der Waals surface area (Å²) >= 11 is 0. The lowest BCUT2D eigenvalue weighted by molar-refractivity contribution is 0.152. The molecule has 0 saturated heterocycles. The molecule has 2 aromatic carbocycles. The normalized spacial score (nSPS) is 29.7. The minimum atomic E-state index is -0.175. The smallest absolute Gasteiger partial charge is 0.123 e. The van der Waals surface area contributed by atoms with Crippen molar-refractivity contribution in [2.45, 2.75) is 168 Å². The summed E-state index contributed by atoms with van der Waals surface area (Å²) in [5.41, 5.74) is 4.97. The molecule has 0 aliphatic heterocycles. The summed E-state index contributed by atoms with van der Waals surface area (Å²) in [6.45, 7) is 5.73. The molecule has 0 atom stereocenters. The first-order chi connectivity index (χ1) is 27.0. The van der Waals surface area contributed by atoms with Gasteiger partial charge in [-0.05, 0) is 171 Å². The Morgan fingerprint density at radius 3 is 1.13 bits per heavy atom. The van der Waals surface area contributed by atoms with Crippen LogP contribution in [0.4, 0.5) is 8.78 Å². The van der Waals surface area contributed by atoms with E-state index in [2.05, 4.69) is 26.0 Å². The lowest BCUT2D eigenvalue weighted by Gasteiger charge is -2.38. The summed E-state index contributed by atoms with van der Waals surface area (Å²) in [4.78, 5) is 0. The van der Waals surface area contributed by atoms with Gasteiger partial charge in [0.2, 0.25) is 0 Å². The van der Waals surface area contributed by atoms with E-state index in [1.165, 1.54) is 165 Å². The maximum absolute atomic E-state index is 14.0. The van der Waals surface area contributed by atoms with Crippen LogP contribution < -0.4 is 0 Å². The highest BCUT2D eigenvalue weighted by Gasteiger charge is 2.33. The van der Waals surface area contributed by atoms with E-state index in [9.17, 15) is 8.78 Å². The molecule has 0 unspecified atom stereocenters. The van der Waals surface area contributed by atoms with Gasteiger partial charge in [-0.2, -0.15) is 0 Å². The average Bonchev–Trinajstić information content (AvgIpc) is 3.23. The number of rotatable bonds is 18. The second-order valence-electron chi connectivity index (χ2n) is 18.6. The van der Waals surface area contributed by atoms with Crippen molar-refractivity contribution in [1.29, 1.82) is 0 Å². The zero-order valence-electron chi connectivity index (χ0n) is 34.9. The molecule has 0 heterocycles. The summed E-state index contributed by atoms with van der Waals surface area (Å²) < 4.78 is 34.4. The van der Waals surface area contributed by atoms with Gasteiger partial charge in [-0.25, -0.2) is 8.78 Å². The number of benzene rings is 2. The van der Waals surface area contributed by atoms with Crippen molar-refractivity contribution in [3.63, 3.8) is 0 Å². The van der Waals surface area contributed by atoms with E-state index in [0.717, 1.165) is 46.6 Å². The molecule has 4 aliphatic carbocycles. The number of allylic oxidation sites excluding steroid dienone is 2.